The molecule has 16 heavy (non-hydrogen) atoms. The molecule has 1 rings (SSSR count). The molecule has 0 fully saturated rings. The summed E-state index contributed by atoms with van der Waals surface area (Å²) < 4.78 is 9.39. The zero-order valence-corrected chi connectivity index (χ0v) is 9.47. The van der Waals surface area contributed by atoms with Gasteiger partial charge in [0.2, 0.25) is 0 Å². The molecule has 0 aliphatic carbocycles. The van der Waals surface area contributed by atoms with E-state index in [1.54, 1.807) is 26.0 Å². The molecule has 88 valence electrons. The highest BCUT2D eigenvalue weighted by Crippen LogP contribution is 2.20. The lowest BCUT2D eigenvalue weighted by atomic mass is 9.97. The summed E-state index contributed by atoms with van der Waals surface area (Å²) in [5.41, 5.74) is -0.507. The van der Waals surface area contributed by atoms with Crippen LogP contribution in [-0.4, -0.2) is 24.5 Å². The second-order valence-electron chi connectivity index (χ2n) is 3.61. The Labute approximate surface area is 94.8 Å². The highest BCUT2D eigenvalue weighted by atomic mass is 16.7. The molecule has 4 heteroatoms. The molecule has 1 aromatic carbocycles. The normalized spacial score (nSPS) is 13.9. The number of aliphatic hydroxyl groups is 1. The van der Waals surface area contributed by atoms with Crippen LogP contribution in [0.3, 0.4) is 0 Å². The lowest BCUT2D eigenvalue weighted by Crippen LogP contribution is -2.29. The first-order valence-corrected chi connectivity index (χ1v) is 5.13. The van der Waals surface area contributed by atoms with Crippen molar-refractivity contribution in [1.29, 1.82) is 0 Å². The SMILES string of the molecule is CCOC(=O)OCC(C)(O)c1ccccc1. The molecule has 0 spiro atoms. The molecule has 0 aliphatic heterocycles. The van der Waals surface area contributed by atoms with E-state index in [1.165, 1.54) is 0 Å². The maximum Gasteiger partial charge on any atom is 0.508 e. The minimum atomic E-state index is -1.20. The molecular weight excluding hydrogens is 208 g/mol. The highest BCUT2D eigenvalue weighted by Gasteiger charge is 2.25. The lowest BCUT2D eigenvalue weighted by Gasteiger charge is -2.22. The van der Waals surface area contributed by atoms with Gasteiger partial charge in [-0.25, -0.2) is 4.79 Å². The van der Waals surface area contributed by atoms with Gasteiger partial charge in [0.25, 0.3) is 0 Å². The number of hydrogen-bond donors (Lipinski definition) is 1. The topological polar surface area (TPSA) is 55.8 Å². The Bertz CT molecular complexity index is 332. The number of benzene rings is 1. The Balaban J connectivity index is 2.55. The van der Waals surface area contributed by atoms with E-state index < -0.39 is 11.8 Å². The van der Waals surface area contributed by atoms with Gasteiger partial charge >= 0.3 is 6.16 Å². The number of ether oxygens (including phenoxy) is 2. The molecular formula is C12H16O4. The van der Waals surface area contributed by atoms with Gasteiger partial charge in [-0.05, 0) is 19.4 Å². The predicted molar refractivity (Wildman–Crippen MR) is 59.0 cm³/mol. The van der Waals surface area contributed by atoms with E-state index in [-0.39, 0.29) is 13.2 Å². The van der Waals surface area contributed by atoms with Gasteiger partial charge in [-0.1, -0.05) is 30.3 Å². The van der Waals surface area contributed by atoms with Crippen LogP contribution in [0.2, 0.25) is 0 Å². The van der Waals surface area contributed by atoms with Crippen molar-refractivity contribution in [3.63, 3.8) is 0 Å². The van der Waals surface area contributed by atoms with Gasteiger partial charge in [0.1, 0.15) is 12.2 Å². The van der Waals surface area contributed by atoms with Crippen molar-refractivity contribution in [3.05, 3.63) is 35.9 Å². The summed E-state index contributed by atoms with van der Waals surface area (Å²) in [5.74, 6) is 0. The summed E-state index contributed by atoms with van der Waals surface area (Å²) in [7, 11) is 0. The number of hydrogen-bond acceptors (Lipinski definition) is 4. The molecule has 4 nitrogen and oxygen atoms in total. The summed E-state index contributed by atoms with van der Waals surface area (Å²) in [6, 6.07) is 9.02. The Morgan fingerprint density at radius 1 is 1.31 bits per heavy atom. The molecule has 1 N–H and O–H groups in total. The van der Waals surface area contributed by atoms with Crippen LogP contribution < -0.4 is 0 Å². The summed E-state index contributed by atoms with van der Waals surface area (Å²) >= 11 is 0. The van der Waals surface area contributed by atoms with Crippen LogP contribution in [0.5, 0.6) is 0 Å². The Morgan fingerprint density at radius 3 is 2.50 bits per heavy atom. The second kappa shape index (κ2) is 5.51. The van der Waals surface area contributed by atoms with Crippen LogP contribution in [0.1, 0.15) is 19.4 Å². The second-order valence-corrected chi connectivity index (χ2v) is 3.61. The van der Waals surface area contributed by atoms with Crippen LogP contribution in [0, 0.1) is 0 Å². The molecule has 1 atom stereocenters. The molecule has 1 unspecified atom stereocenters. The minimum absolute atomic E-state index is 0.129. The monoisotopic (exact) mass is 224 g/mol. The quantitative estimate of drug-likeness (QED) is 0.795. The maximum atomic E-state index is 11.0. The van der Waals surface area contributed by atoms with E-state index in [4.69, 9.17) is 4.74 Å². The summed E-state index contributed by atoms with van der Waals surface area (Å²) in [6.45, 7) is 3.40. The van der Waals surface area contributed by atoms with Gasteiger partial charge in [-0.2, -0.15) is 0 Å². The van der Waals surface area contributed by atoms with Crippen LogP contribution in [0.15, 0.2) is 30.3 Å². The first-order chi connectivity index (χ1) is 7.56. The molecule has 0 saturated heterocycles. The van der Waals surface area contributed by atoms with E-state index >= 15 is 0 Å². The average molecular weight is 224 g/mol. The molecule has 0 amide bonds. The highest BCUT2D eigenvalue weighted by molar-refractivity contribution is 5.59. The van der Waals surface area contributed by atoms with Crippen molar-refractivity contribution in [1.82, 2.24) is 0 Å². The Morgan fingerprint density at radius 2 is 1.94 bits per heavy atom. The van der Waals surface area contributed by atoms with Crippen LogP contribution in [-0.2, 0) is 15.1 Å². The number of carbonyl (C=O) groups excluding carboxylic acids is 1. The van der Waals surface area contributed by atoms with Crippen LogP contribution in [0.4, 0.5) is 4.79 Å². The van der Waals surface area contributed by atoms with Crippen LogP contribution >= 0.6 is 0 Å². The van der Waals surface area contributed by atoms with E-state index in [0.717, 1.165) is 0 Å². The molecule has 1 aromatic rings. The molecule has 0 bridgehead atoms. The summed E-state index contributed by atoms with van der Waals surface area (Å²) in [6.07, 6.45) is -0.765. The van der Waals surface area contributed by atoms with Gasteiger partial charge in [0.15, 0.2) is 0 Å². The fourth-order valence-corrected chi connectivity index (χ4v) is 1.24. The standard InChI is InChI=1S/C12H16O4/c1-3-15-11(13)16-9-12(2,14)10-7-5-4-6-8-10/h4-8,14H,3,9H2,1-2H3. The fourth-order valence-electron chi connectivity index (χ4n) is 1.24. The zero-order chi connectivity index (χ0) is 12.0. The van der Waals surface area contributed by atoms with Crippen molar-refractivity contribution in [2.75, 3.05) is 13.2 Å². The van der Waals surface area contributed by atoms with Gasteiger partial charge < -0.3 is 14.6 Å². The zero-order valence-electron chi connectivity index (χ0n) is 9.47. The molecule has 0 aliphatic rings. The Hall–Kier alpha value is -1.55. The van der Waals surface area contributed by atoms with Crippen LogP contribution in [0.25, 0.3) is 0 Å². The summed E-state index contributed by atoms with van der Waals surface area (Å²) in [5, 5.41) is 10.1. The van der Waals surface area contributed by atoms with E-state index in [0.29, 0.717) is 5.56 Å². The Kier molecular flexibility index (Phi) is 4.31. The van der Waals surface area contributed by atoms with E-state index in [1.807, 2.05) is 18.2 Å². The molecule has 0 aromatic heterocycles. The predicted octanol–water partition coefficient (Wildman–Crippen LogP) is 2.07. The van der Waals surface area contributed by atoms with Crippen molar-refractivity contribution >= 4 is 6.16 Å². The van der Waals surface area contributed by atoms with Gasteiger partial charge in [0, 0.05) is 0 Å². The first kappa shape index (κ1) is 12.5. The minimum Gasteiger partial charge on any atom is -0.435 e. The number of carbonyl (C=O) groups is 1. The largest absolute Gasteiger partial charge is 0.508 e. The molecule has 0 saturated carbocycles. The third-order valence-electron chi connectivity index (χ3n) is 2.13. The third-order valence-corrected chi connectivity index (χ3v) is 2.13. The van der Waals surface area contributed by atoms with Gasteiger partial charge in [-0.3, -0.25) is 0 Å². The third kappa shape index (κ3) is 3.55. The smallest absolute Gasteiger partial charge is 0.435 e. The first-order valence-electron chi connectivity index (χ1n) is 5.13. The lowest BCUT2D eigenvalue weighted by molar-refractivity contribution is -0.0329. The molecule has 0 heterocycles. The van der Waals surface area contributed by atoms with Crippen molar-refractivity contribution in [3.8, 4) is 0 Å². The number of rotatable bonds is 4. The maximum absolute atomic E-state index is 11.0. The molecule has 0 radical (unpaired) electrons. The van der Waals surface area contributed by atoms with Crippen molar-refractivity contribution in [2.24, 2.45) is 0 Å². The summed E-state index contributed by atoms with van der Waals surface area (Å²) in [4.78, 5) is 11.0. The van der Waals surface area contributed by atoms with Gasteiger partial charge in [0.05, 0.1) is 6.61 Å². The average Bonchev–Trinajstić information content (AvgIpc) is 2.28. The van der Waals surface area contributed by atoms with Crippen molar-refractivity contribution < 1.29 is 19.4 Å². The van der Waals surface area contributed by atoms with E-state index in [2.05, 4.69) is 4.74 Å². The van der Waals surface area contributed by atoms with Gasteiger partial charge in [-0.15, -0.1) is 0 Å². The van der Waals surface area contributed by atoms with E-state index in [9.17, 15) is 9.90 Å². The fraction of sp³-hybridized carbons (Fsp3) is 0.417. The van der Waals surface area contributed by atoms with Crippen molar-refractivity contribution in [2.45, 2.75) is 19.4 Å².